The van der Waals surface area contributed by atoms with E-state index < -0.39 is 0 Å². The van der Waals surface area contributed by atoms with Crippen molar-refractivity contribution >= 4 is 17.5 Å². The zero-order valence-corrected chi connectivity index (χ0v) is 11.8. The molecule has 112 valence electrons. The maximum Gasteiger partial charge on any atom is 0.320 e. The van der Waals surface area contributed by atoms with Crippen molar-refractivity contribution < 1.29 is 9.21 Å². The van der Waals surface area contributed by atoms with Crippen molar-refractivity contribution in [3.8, 4) is 0 Å². The predicted octanol–water partition coefficient (Wildman–Crippen LogP) is 2.52. The molecular formula is C15H15N5O2. The first kappa shape index (κ1) is 12.9. The van der Waals surface area contributed by atoms with Crippen LogP contribution in [0.1, 0.15) is 30.2 Å². The number of nitrogens with zero attached hydrogens (tertiary/aromatic N) is 3. The van der Waals surface area contributed by atoms with Gasteiger partial charge in [-0.1, -0.05) is 0 Å². The molecule has 7 heteroatoms. The highest BCUT2D eigenvalue weighted by atomic mass is 16.3. The van der Waals surface area contributed by atoms with Gasteiger partial charge in [0.25, 0.3) is 0 Å². The summed E-state index contributed by atoms with van der Waals surface area (Å²) in [7, 11) is 0. The van der Waals surface area contributed by atoms with Crippen molar-refractivity contribution in [1.29, 1.82) is 0 Å². The molecule has 1 atom stereocenters. The fraction of sp³-hybridized carbons (Fsp3) is 0.267. The number of furan rings is 1. The SMILES string of the molecule is O=C(Nc1ccnc2ccnn12)NC1CCCc2occc21. The molecule has 4 rings (SSSR count). The third-order valence-electron chi connectivity index (χ3n) is 3.89. The number of urea groups is 1. The molecule has 0 saturated heterocycles. The molecule has 3 aromatic heterocycles. The van der Waals surface area contributed by atoms with Crippen LogP contribution in [0.4, 0.5) is 10.6 Å². The third-order valence-corrected chi connectivity index (χ3v) is 3.89. The zero-order valence-electron chi connectivity index (χ0n) is 11.8. The molecule has 1 aliphatic carbocycles. The van der Waals surface area contributed by atoms with Gasteiger partial charge in [0, 0.05) is 24.2 Å². The van der Waals surface area contributed by atoms with E-state index in [0.717, 1.165) is 30.6 Å². The Labute approximate surface area is 126 Å². The Morgan fingerprint density at radius 1 is 1.32 bits per heavy atom. The van der Waals surface area contributed by atoms with Crippen LogP contribution in [0.2, 0.25) is 0 Å². The maximum absolute atomic E-state index is 12.3. The molecule has 22 heavy (non-hydrogen) atoms. The van der Waals surface area contributed by atoms with Gasteiger partial charge in [-0.3, -0.25) is 5.32 Å². The van der Waals surface area contributed by atoms with Gasteiger partial charge in [-0.15, -0.1) is 0 Å². The van der Waals surface area contributed by atoms with Crippen LogP contribution < -0.4 is 10.6 Å². The molecule has 0 radical (unpaired) electrons. The van der Waals surface area contributed by atoms with Crippen molar-refractivity contribution in [3.63, 3.8) is 0 Å². The minimum Gasteiger partial charge on any atom is -0.469 e. The number of amides is 2. The maximum atomic E-state index is 12.3. The summed E-state index contributed by atoms with van der Waals surface area (Å²) >= 11 is 0. The van der Waals surface area contributed by atoms with Crippen LogP contribution in [-0.2, 0) is 6.42 Å². The van der Waals surface area contributed by atoms with Gasteiger partial charge in [0.15, 0.2) is 5.65 Å². The number of fused-ring (bicyclic) bond motifs is 2. The van der Waals surface area contributed by atoms with E-state index in [1.54, 1.807) is 35.3 Å². The lowest BCUT2D eigenvalue weighted by Gasteiger charge is -2.22. The molecule has 0 spiro atoms. The standard InChI is InChI=1S/C15H15N5O2/c21-15(18-11-2-1-3-12-10(11)6-9-22-12)19-14-4-7-16-13-5-8-17-20(13)14/h4-9,11H,1-3H2,(H2,18,19,21). The lowest BCUT2D eigenvalue weighted by Crippen LogP contribution is -2.34. The first-order valence-corrected chi connectivity index (χ1v) is 7.24. The number of nitrogens with one attached hydrogen (secondary N) is 2. The Kier molecular flexibility index (Phi) is 3.03. The Hall–Kier alpha value is -2.83. The molecule has 0 saturated carbocycles. The molecule has 1 unspecified atom stereocenters. The van der Waals surface area contributed by atoms with Gasteiger partial charge >= 0.3 is 6.03 Å². The van der Waals surface area contributed by atoms with Crippen molar-refractivity contribution in [3.05, 3.63) is 48.2 Å². The smallest absolute Gasteiger partial charge is 0.320 e. The van der Waals surface area contributed by atoms with Crippen LogP contribution in [0, 0.1) is 0 Å². The number of rotatable bonds is 2. The van der Waals surface area contributed by atoms with Crippen molar-refractivity contribution in [1.82, 2.24) is 19.9 Å². The lowest BCUT2D eigenvalue weighted by atomic mass is 9.93. The van der Waals surface area contributed by atoms with Crippen LogP contribution in [0.3, 0.4) is 0 Å². The van der Waals surface area contributed by atoms with E-state index >= 15 is 0 Å². The molecule has 3 aromatic rings. The molecule has 0 fully saturated rings. The largest absolute Gasteiger partial charge is 0.469 e. The first-order chi connectivity index (χ1) is 10.8. The molecule has 0 bridgehead atoms. The topological polar surface area (TPSA) is 84.5 Å². The van der Waals surface area contributed by atoms with E-state index in [9.17, 15) is 4.79 Å². The summed E-state index contributed by atoms with van der Waals surface area (Å²) in [6, 6.07) is 5.14. The lowest BCUT2D eigenvalue weighted by molar-refractivity contribution is 0.246. The van der Waals surface area contributed by atoms with Gasteiger partial charge in [0.1, 0.15) is 11.6 Å². The Morgan fingerprint density at radius 3 is 3.23 bits per heavy atom. The van der Waals surface area contributed by atoms with Crippen LogP contribution >= 0.6 is 0 Å². The van der Waals surface area contributed by atoms with Crippen molar-refractivity contribution in [2.24, 2.45) is 0 Å². The minimum absolute atomic E-state index is 0.0163. The Bertz CT molecular complexity index is 822. The van der Waals surface area contributed by atoms with Gasteiger partial charge in [0.05, 0.1) is 18.5 Å². The van der Waals surface area contributed by atoms with E-state index in [0.29, 0.717) is 11.5 Å². The monoisotopic (exact) mass is 297 g/mol. The van der Waals surface area contributed by atoms with Gasteiger partial charge in [-0.05, 0) is 25.0 Å². The second kappa shape index (κ2) is 5.18. The molecule has 2 N–H and O–H groups in total. The predicted molar refractivity (Wildman–Crippen MR) is 79.5 cm³/mol. The molecule has 2 amide bonds. The van der Waals surface area contributed by atoms with Crippen molar-refractivity contribution in [2.45, 2.75) is 25.3 Å². The Morgan fingerprint density at radius 2 is 2.27 bits per heavy atom. The number of aryl methyl sites for hydroxylation is 1. The summed E-state index contributed by atoms with van der Waals surface area (Å²) in [6.45, 7) is 0. The number of aromatic nitrogens is 3. The average molecular weight is 297 g/mol. The number of hydrogen-bond donors (Lipinski definition) is 2. The van der Waals surface area contributed by atoms with Crippen LogP contribution in [0.5, 0.6) is 0 Å². The zero-order chi connectivity index (χ0) is 14.9. The summed E-state index contributed by atoms with van der Waals surface area (Å²) in [5, 5.41) is 9.96. The highest BCUT2D eigenvalue weighted by molar-refractivity contribution is 5.88. The van der Waals surface area contributed by atoms with Gasteiger partial charge in [0.2, 0.25) is 0 Å². The van der Waals surface area contributed by atoms with Crippen LogP contribution in [-0.4, -0.2) is 20.6 Å². The summed E-state index contributed by atoms with van der Waals surface area (Å²) < 4.78 is 7.03. The summed E-state index contributed by atoms with van der Waals surface area (Å²) in [6.07, 6.45) is 7.81. The second-order valence-electron chi connectivity index (χ2n) is 5.27. The summed E-state index contributed by atoms with van der Waals surface area (Å²) in [4.78, 5) is 16.4. The molecule has 0 aromatic carbocycles. The highest BCUT2D eigenvalue weighted by Gasteiger charge is 2.24. The van der Waals surface area contributed by atoms with Gasteiger partial charge in [-0.25, -0.2) is 9.78 Å². The van der Waals surface area contributed by atoms with E-state index in [1.807, 2.05) is 6.07 Å². The van der Waals surface area contributed by atoms with Crippen molar-refractivity contribution in [2.75, 3.05) is 5.32 Å². The van der Waals surface area contributed by atoms with E-state index in [1.165, 1.54) is 0 Å². The fourth-order valence-electron chi connectivity index (χ4n) is 2.88. The third kappa shape index (κ3) is 2.20. The second-order valence-corrected chi connectivity index (χ2v) is 5.27. The number of hydrogen-bond acceptors (Lipinski definition) is 4. The van der Waals surface area contributed by atoms with Crippen LogP contribution in [0.15, 0.2) is 41.3 Å². The summed E-state index contributed by atoms with van der Waals surface area (Å²) in [5.74, 6) is 1.55. The average Bonchev–Trinajstić information content (AvgIpc) is 3.16. The number of carbonyl (C=O) groups is 1. The normalized spacial score (nSPS) is 17.2. The highest BCUT2D eigenvalue weighted by Crippen LogP contribution is 2.30. The quantitative estimate of drug-likeness (QED) is 0.761. The number of carbonyl (C=O) groups excluding carboxylic acids is 1. The molecule has 3 heterocycles. The van der Waals surface area contributed by atoms with Gasteiger partial charge < -0.3 is 9.73 Å². The fourth-order valence-corrected chi connectivity index (χ4v) is 2.88. The minimum atomic E-state index is -0.262. The van der Waals surface area contributed by atoms with Crippen LogP contribution in [0.25, 0.3) is 5.65 Å². The summed E-state index contributed by atoms with van der Waals surface area (Å²) in [5.41, 5.74) is 1.76. The number of anilines is 1. The van der Waals surface area contributed by atoms with E-state index in [4.69, 9.17) is 4.42 Å². The van der Waals surface area contributed by atoms with Gasteiger partial charge in [-0.2, -0.15) is 9.61 Å². The Balaban J connectivity index is 1.51. The first-order valence-electron chi connectivity index (χ1n) is 7.24. The molecule has 1 aliphatic rings. The van der Waals surface area contributed by atoms with E-state index in [2.05, 4.69) is 20.7 Å². The molecular weight excluding hydrogens is 282 g/mol. The molecule has 7 nitrogen and oxygen atoms in total. The van der Waals surface area contributed by atoms with E-state index in [-0.39, 0.29) is 12.1 Å². The molecule has 0 aliphatic heterocycles.